The highest BCUT2D eigenvalue weighted by Gasteiger charge is 2.16. The van der Waals surface area contributed by atoms with Gasteiger partial charge in [-0.05, 0) is 48.2 Å². The van der Waals surface area contributed by atoms with Crippen LogP contribution in [0, 0.1) is 0 Å². The lowest BCUT2D eigenvalue weighted by Crippen LogP contribution is -2.12. The monoisotopic (exact) mass is 480 g/mol. The number of carbonyl (C=O) groups is 1. The van der Waals surface area contributed by atoms with Crippen LogP contribution in [0.5, 0.6) is 5.75 Å². The molecule has 0 aliphatic heterocycles. The van der Waals surface area contributed by atoms with E-state index in [1.807, 2.05) is 42.5 Å². The van der Waals surface area contributed by atoms with Crippen LogP contribution in [0.4, 0.5) is 0 Å². The summed E-state index contributed by atoms with van der Waals surface area (Å²) in [5.74, 6) is -0.156. The average Bonchev–Trinajstić information content (AvgIpc) is 2.89. The number of benzene rings is 4. The Morgan fingerprint density at radius 1 is 0.800 bits per heavy atom. The fourth-order valence-corrected chi connectivity index (χ4v) is 4.30. The van der Waals surface area contributed by atoms with Crippen molar-refractivity contribution < 1.29 is 13.9 Å². The quantitative estimate of drug-likeness (QED) is 0.192. The maximum absolute atomic E-state index is 13.0. The summed E-state index contributed by atoms with van der Waals surface area (Å²) < 4.78 is 11.4. The summed E-state index contributed by atoms with van der Waals surface area (Å²) in [6, 6.07) is 29.4. The van der Waals surface area contributed by atoms with Gasteiger partial charge in [-0.1, -0.05) is 78.3 Å². The lowest BCUT2D eigenvalue weighted by Gasteiger charge is -2.10. The van der Waals surface area contributed by atoms with Gasteiger partial charge in [0, 0.05) is 16.7 Å². The van der Waals surface area contributed by atoms with E-state index in [9.17, 15) is 9.59 Å². The van der Waals surface area contributed by atoms with Crippen molar-refractivity contribution in [1.82, 2.24) is 0 Å². The summed E-state index contributed by atoms with van der Waals surface area (Å²) in [6.07, 6.45) is 2.92. The molecule has 4 aromatic carbocycles. The van der Waals surface area contributed by atoms with Gasteiger partial charge in [-0.25, -0.2) is 4.79 Å². The van der Waals surface area contributed by atoms with Crippen molar-refractivity contribution in [1.29, 1.82) is 0 Å². The minimum atomic E-state index is -0.456. The number of carbonyl (C=O) groups excluding carboxylic acids is 1. The van der Waals surface area contributed by atoms with Crippen LogP contribution in [-0.2, 0) is 12.8 Å². The molecule has 5 rings (SSSR count). The summed E-state index contributed by atoms with van der Waals surface area (Å²) in [4.78, 5) is 26.0. The number of hydrogen-bond acceptors (Lipinski definition) is 4. The molecule has 0 aliphatic rings. The smallest absolute Gasteiger partial charge is 0.343 e. The van der Waals surface area contributed by atoms with Crippen LogP contribution in [0.1, 0.15) is 21.5 Å². The minimum Gasteiger partial charge on any atom is -0.463 e. The van der Waals surface area contributed by atoms with Crippen molar-refractivity contribution >= 4 is 28.5 Å². The molecule has 0 atom stereocenters. The first kappa shape index (κ1) is 22.6. The third kappa shape index (κ3) is 4.88. The van der Waals surface area contributed by atoms with Crippen LogP contribution in [-0.4, -0.2) is 5.97 Å². The molecule has 0 fully saturated rings. The molecular weight excluding hydrogens is 460 g/mol. The van der Waals surface area contributed by atoms with Crippen LogP contribution in [0.3, 0.4) is 0 Å². The third-order valence-corrected chi connectivity index (χ3v) is 6.21. The third-order valence-electron chi connectivity index (χ3n) is 5.88. The number of aryl methyl sites for hydroxylation is 2. The van der Waals surface area contributed by atoms with Crippen molar-refractivity contribution in [2.24, 2.45) is 0 Å². The molecule has 172 valence electrons. The second-order valence-electron chi connectivity index (χ2n) is 8.15. The highest BCUT2D eigenvalue weighted by Crippen LogP contribution is 2.28. The Morgan fingerprint density at radius 2 is 1.54 bits per heavy atom. The summed E-state index contributed by atoms with van der Waals surface area (Å²) in [5, 5.41) is 0.848. The summed E-state index contributed by atoms with van der Waals surface area (Å²) in [5.41, 5.74) is 3.73. The van der Waals surface area contributed by atoms with Crippen molar-refractivity contribution in [3.05, 3.63) is 135 Å². The number of rotatable bonds is 6. The zero-order valence-electron chi connectivity index (χ0n) is 18.7. The molecule has 35 heavy (non-hydrogen) atoms. The fourth-order valence-electron chi connectivity index (χ4n) is 4.06. The van der Waals surface area contributed by atoms with Gasteiger partial charge < -0.3 is 9.15 Å². The molecule has 0 aliphatic carbocycles. The molecule has 0 radical (unpaired) electrons. The maximum Gasteiger partial charge on any atom is 0.343 e. The zero-order valence-corrected chi connectivity index (χ0v) is 19.5. The SMILES string of the molecule is O=C(Oc1ccc2c(=O)c(-c3ccccc3Cl)coc2c1)c1ccccc1CCc1ccccc1. The Hall–Kier alpha value is -4.15. The minimum absolute atomic E-state index is 0.205. The molecule has 1 aromatic heterocycles. The van der Waals surface area contributed by atoms with E-state index in [4.69, 9.17) is 20.8 Å². The molecule has 1 heterocycles. The van der Waals surface area contributed by atoms with E-state index in [1.165, 1.54) is 11.8 Å². The van der Waals surface area contributed by atoms with E-state index in [0.29, 0.717) is 44.9 Å². The van der Waals surface area contributed by atoms with Gasteiger partial charge in [-0.2, -0.15) is 0 Å². The van der Waals surface area contributed by atoms with Crippen LogP contribution in [0.25, 0.3) is 22.1 Å². The number of halogens is 1. The van der Waals surface area contributed by atoms with E-state index in [2.05, 4.69) is 12.1 Å². The van der Waals surface area contributed by atoms with E-state index in [1.54, 1.807) is 42.5 Å². The molecule has 0 saturated heterocycles. The average molecular weight is 481 g/mol. The molecular formula is C30H21ClO4. The number of fused-ring (bicyclic) bond motifs is 1. The molecule has 5 aromatic rings. The Bertz CT molecular complexity index is 1570. The second-order valence-corrected chi connectivity index (χ2v) is 8.56. The van der Waals surface area contributed by atoms with E-state index < -0.39 is 5.97 Å². The van der Waals surface area contributed by atoms with Crippen molar-refractivity contribution in [2.75, 3.05) is 0 Å². The van der Waals surface area contributed by atoms with Gasteiger partial charge in [-0.3, -0.25) is 4.79 Å². The number of ether oxygens (including phenoxy) is 1. The Kier molecular flexibility index (Phi) is 6.47. The van der Waals surface area contributed by atoms with Crippen LogP contribution in [0.15, 0.2) is 113 Å². The van der Waals surface area contributed by atoms with Crippen molar-refractivity contribution in [2.45, 2.75) is 12.8 Å². The summed E-state index contributed by atoms with van der Waals surface area (Å²) >= 11 is 6.25. The van der Waals surface area contributed by atoms with E-state index in [0.717, 1.165) is 12.0 Å². The standard InChI is InChI=1S/C30H21ClO4/c31-27-13-7-6-12-24(27)26-19-34-28-18-22(16-17-25(28)29(26)32)35-30(33)23-11-5-4-10-21(23)15-14-20-8-2-1-3-9-20/h1-13,16-19H,14-15H2. The summed E-state index contributed by atoms with van der Waals surface area (Å²) in [7, 11) is 0. The number of esters is 1. The highest BCUT2D eigenvalue weighted by molar-refractivity contribution is 6.33. The van der Waals surface area contributed by atoms with Crippen LogP contribution < -0.4 is 10.2 Å². The fraction of sp³-hybridized carbons (Fsp3) is 0.0667. The molecule has 5 heteroatoms. The Morgan fingerprint density at radius 3 is 2.37 bits per heavy atom. The van der Waals surface area contributed by atoms with Crippen LogP contribution >= 0.6 is 11.6 Å². The van der Waals surface area contributed by atoms with E-state index >= 15 is 0 Å². The highest BCUT2D eigenvalue weighted by atomic mass is 35.5. The van der Waals surface area contributed by atoms with Gasteiger partial charge in [0.25, 0.3) is 0 Å². The normalized spacial score (nSPS) is 10.9. The lowest BCUT2D eigenvalue weighted by molar-refractivity contribution is 0.0733. The predicted molar refractivity (Wildman–Crippen MR) is 138 cm³/mol. The topological polar surface area (TPSA) is 56.5 Å². The Labute approximate surface area is 207 Å². The van der Waals surface area contributed by atoms with Gasteiger partial charge in [0.2, 0.25) is 5.43 Å². The van der Waals surface area contributed by atoms with Gasteiger partial charge >= 0.3 is 5.97 Å². The maximum atomic E-state index is 13.0. The molecule has 0 amide bonds. The molecule has 0 bridgehead atoms. The molecule has 4 nitrogen and oxygen atoms in total. The molecule has 0 saturated carbocycles. The summed E-state index contributed by atoms with van der Waals surface area (Å²) in [6.45, 7) is 0. The second kappa shape index (κ2) is 10.00. The van der Waals surface area contributed by atoms with Gasteiger partial charge in [0.15, 0.2) is 0 Å². The van der Waals surface area contributed by atoms with Crippen molar-refractivity contribution in [3.63, 3.8) is 0 Å². The van der Waals surface area contributed by atoms with Crippen molar-refractivity contribution in [3.8, 4) is 16.9 Å². The van der Waals surface area contributed by atoms with E-state index in [-0.39, 0.29) is 5.43 Å². The van der Waals surface area contributed by atoms with Gasteiger partial charge in [0.05, 0.1) is 16.5 Å². The first-order valence-electron chi connectivity index (χ1n) is 11.2. The lowest BCUT2D eigenvalue weighted by atomic mass is 10.00. The first-order chi connectivity index (χ1) is 17.1. The largest absolute Gasteiger partial charge is 0.463 e. The molecule has 0 N–H and O–H groups in total. The molecule has 0 unspecified atom stereocenters. The molecule has 0 spiro atoms. The Balaban J connectivity index is 1.38. The zero-order chi connectivity index (χ0) is 24.2. The number of hydrogen-bond donors (Lipinski definition) is 0. The first-order valence-corrected chi connectivity index (χ1v) is 11.6. The van der Waals surface area contributed by atoms with Crippen LogP contribution in [0.2, 0.25) is 5.02 Å². The van der Waals surface area contributed by atoms with Gasteiger partial charge in [0.1, 0.15) is 17.6 Å². The van der Waals surface area contributed by atoms with Gasteiger partial charge in [-0.15, -0.1) is 0 Å². The predicted octanol–water partition coefficient (Wildman–Crippen LogP) is 7.12.